The van der Waals surface area contributed by atoms with E-state index in [4.69, 9.17) is 0 Å². The summed E-state index contributed by atoms with van der Waals surface area (Å²) in [6.07, 6.45) is -4.37. The molecule has 0 saturated carbocycles. The number of benzene rings is 2. The molecule has 0 aromatic heterocycles. The van der Waals surface area contributed by atoms with Gasteiger partial charge in [-0.05, 0) is 48.7 Å². The van der Waals surface area contributed by atoms with Crippen molar-refractivity contribution in [3.8, 4) is 11.1 Å². The fourth-order valence-corrected chi connectivity index (χ4v) is 2.02. The Morgan fingerprint density at radius 2 is 1.75 bits per heavy atom. The van der Waals surface area contributed by atoms with Crippen LogP contribution in [0, 0.1) is 6.92 Å². The first kappa shape index (κ1) is 14.3. The van der Waals surface area contributed by atoms with Crippen LogP contribution in [0.2, 0.25) is 0 Å². The molecule has 0 atom stereocenters. The van der Waals surface area contributed by atoms with Crippen LogP contribution < -0.4 is 0 Å². The highest BCUT2D eigenvalue weighted by Gasteiger charge is 2.30. The SMILES string of the molecule is CC(=O)c1ccc(C)c(-c2cccc(C(F)(F)F)c2)c1. The lowest BCUT2D eigenvalue weighted by atomic mass is 9.96. The monoisotopic (exact) mass is 278 g/mol. The summed E-state index contributed by atoms with van der Waals surface area (Å²) >= 11 is 0. The van der Waals surface area contributed by atoms with Crippen molar-refractivity contribution in [3.63, 3.8) is 0 Å². The van der Waals surface area contributed by atoms with Gasteiger partial charge in [-0.2, -0.15) is 13.2 Å². The van der Waals surface area contributed by atoms with Crippen LogP contribution in [0.1, 0.15) is 28.4 Å². The molecule has 0 amide bonds. The third-order valence-corrected chi connectivity index (χ3v) is 3.14. The van der Waals surface area contributed by atoms with Crippen molar-refractivity contribution in [1.29, 1.82) is 0 Å². The molecule has 4 heteroatoms. The molecular formula is C16H13F3O. The summed E-state index contributed by atoms with van der Waals surface area (Å²) in [6, 6.07) is 10.2. The number of carbonyl (C=O) groups excluding carboxylic acids is 1. The van der Waals surface area contributed by atoms with Crippen LogP contribution in [0.25, 0.3) is 11.1 Å². The predicted octanol–water partition coefficient (Wildman–Crippen LogP) is 4.88. The molecule has 0 aliphatic heterocycles. The van der Waals surface area contributed by atoms with Crippen molar-refractivity contribution in [3.05, 3.63) is 59.2 Å². The van der Waals surface area contributed by atoms with Gasteiger partial charge in [0.15, 0.2) is 5.78 Å². The van der Waals surface area contributed by atoms with Crippen LogP contribution in [0.4, 0.5) is 13.2 Å². The minimum atomic E-state index is -4.37. The Labute approximate surface area is 115 Å². The maximum absolute atomic E-state index is 12.7. The van der Waals surface area contributed by atoms with Crippen molar-refractivity contribution in [2.45, 2.75) is 20.0 Å². The first-order valence-electron chi connectivity index (χ1n) is 6.08. The number of rotatable bonds is 2. The second-order valence-corrected chi connectivity index (χ2v) is 4.66. The van der Waals surface area contributed by atoms with Crippen LogP contribution in [0.15, 0.2) is 42.5 Å². The van der Waals surface area contributed by atoms with Gasteiger partial charge in [0.05, 0.1) is 5.56 Å². The number of ketones is 1. The summed E-state index contributed by atoms with van der Waals surface area (Å²) in [5.74, 6) is -0.113. The van der Waals surface area contributed by atoms with Gasteiger partial charge in [0.2, 0.25) is 0 Å². The van der Waals surface area contributed by atoms with E-state index in [2.05, 4.69) is 0 Å². The molecule has 2 aromatic rings. The molecule has 0 spiro atoms. The number of aryl methyl sites for hydroxylation is 1. The minimum absolute atomic E-state index is 0.113. The van der Waals surface area contributed by atoms with Gasteiger partial charge in [0.25, 0.3) is 0 Å². The number of Topliss-reactive ketones (excluding diaryl/α,β-unsaturated/α-hetero) is 1. The van der Waals surface area contributed by atoms with Crippen molar-refractivity contribution < 1.29 is 18.0 Å². The summed E-state index contributed by atoms with van der Waals surface area (Å²) < 4.78 is 38.2. The Hall–Kier alpha value is -2.10. The Morgan fingerprint density at radius 1 is 1.05 bits per heavy atom. The number of alkyl halides is 3. The number of carbonyl (C=O) groups is 1. The van der Waals surface area contributed by atoms with E-state index in [1.165, 1.54) is 13.0 Å². The number of hydrogen-bond donors (Lipinski definition) is 0. The van der Waals surface area contributed by atoms with Crippen molar-refractivity contribution >= 4 is 5.78 Å². The summed E-state index contributed by atoms with van der Waals surface area (Å²) in [5.41, 5.74) is 1.73. The average Bonchev–Trinajstić information content (AvgIpc) is 2.38. The van der Waals surface area contributed by atoms with Crippen LogP contribution in [-0.2, 0) is 6.18 Å². The van der Waals surface area contributed by atoms with Crippen molar-refractivity contribution in [2.24, 2.45) is 0 Å². The van der Waals surface area contributed by atoms with Gasteiger partial charge in [0.1, 0.15) is 0 Å². The molecule has 2 rings (SSSR count). The zero-order valence-corrected chi connectivity index (χ0v) is 11.1. The van der Waals surface area contributed by atoms with E-state index in [1.54, 1.807) is 31.2 Å². The van der Waals surface area contributed by atoms with Crippen LogP contribution in [0.3, 0.4) is 0 Å². The molecule has 20 heavy (non-hydrogen) atoms. The van der Waals surface area contributed by atoms with Gasteiger partial charge < -0.3 is 0 Å². The lowest BCUT2D eigenvalue weighted by molar-refractivity contribution is -0.137. The Balaban J connectivity index is 2.57. The molecule has 0 unspecified atom stereocenters. The lowest BCUT2D eigenvalue weighted by Gasteiger charge is -2.11. The summed E-state index contributed by atoms with van der Waals surface area (Å²) in [5, 5.41) is 0. The van der Waals surface area contributed by atoms with Crippen LogP contribution in [0.5, 0.6) is 0 Å². The highest BCUT2D eigenvalue weighted by molar-refractivity contribution is 5.95. The standard InChI is InChI=1S/C16H13F3O/c1-10-6-7-12(11(2)20)9-15(10)13-4-3-5-14(8-13)16(17,18)19/h3-9H,1-2H3. The molecule has 2 aromatic carbocycles. The van der Waals surface area contributed by atoms with E-state index in [-0.39, 0.29) is 5.78 Å². The largest absolute Gasteiger partial charge is 0.416 e. The Bertz CT molecular complexity index is 657. The normalized spacial score (nSPS) is 11.4. The molecule has 0 fully saturated rings. The van der Waals surface area contributed by atoms with E-state index < -0.39 is 11.7 Å². The van der Waals surface area contributed by atoms with Gasteiger partial charge in [0, 0.05) is 5.56 Å². The van der Waals surface area contributed by atoms with Gasteiger partial charge in [-0.1, -0.05) is 24.3 Å². The molecule has 0 N–H and O–H groups in total. The van der Waals surface area contributed by atoms with Crippen LogP contribution >= 0.6 is 0 Å². The molecular weight excluding hydrogens is 265 g/mol. The van der Waals surface area contributed by atoms with Crippen molar-refractivity contribution in [2.75, 3.05) is 0 Å². The van der Waals surface area contributed by atoms with E-state index in [0.717, 1.165) is 17.7 Å². The third-order valence-electron chi connectivity index (χ3n) is 3.14. The second-order valence-electron chi connectivity index (χ2n) is 4.66. The fourth-order valence-electron chi connectivity index (χ4n) is 2.02. The van der Waals surface area contributed by atoms with Gasteiger partial charge >= 0.3 is 6.18 Å². The molecule has 0 heterocycles. The minimum Gasteiger partial charge on any atom is -0.295 e. The second kappa shape index (κ2) is 5.12. The van der Waals surface area contributed by atoms with Gasteiger partial charge in [-0.3, -0.25) is 4.79 Å². The summed E-state index contributed by atoms with van der Waals surface area (Å²) in [6.45, 7) is 3.24. The predicted molar refractivity (Wildman–Crippen MR) is 71.6 cm³/mol. The average molecular weight is 278 g/mol. The smallest absolute Gasteiger partial charge is 0.295 e. The maximum atomic E-state index is 12.7. The highest BCUT2D eigenvalue weighted by Crippen LogP contribution is 2.33. The Morgan fingerprint density at radius 3 is 2.35 bits per heavy atom. The molecule has 1 nitrogen and oxygen atoms in total. The lowest BCUT2D eigenvalue weighted by Crippen LogP contribution is -2.04. The van der Waals surface area contributed by atoms with Crippen molar-refractivity contribution in [1.82, 2.24) is 0 Å². The first-order valence-corrected chi connectivity index (χ1v) is 6.08. The molecule has 104 valence electrons. The van der Waals surface area contributed by atoms with E-state index >= 15 is 0 Å². The number of hydrogen-bond acceptors (Lipinski definition) is 1. The third kappa shape index (κ3) is 2.90. The van der Waals surface area contributed by atoms with Gasteiger partial charge in [-0.25, -0.2) is 0 Å². The zero-order valence-electron chi connectivity index (χ0n) is 11.1. The highest BCUT2D eigenvalue weighted by atomic mass is 19.4. The molecule has 0 bridgehead atoms. The maximum Gasteiger partial charge on any atom is 0.416 e. The quantitative estimate of drug-likeness (QED) is 0.715. The number of halogens is 3. The van der Waals surface area contributed by atoms with Gasteiger partial charge in [-0.15, -0.1) is 0 Å². The van der Waals surface area contributed by atoms with E-state index in [9.17, 15) is 18.0 Å². The fraction of sp³-hybridized carbons (Fsp3) is 0.188. The summed E-state index contributed by atoms with van der Waals surface area (Å²) in [4.78, 5) is 11.4. The molecule has 0 aliphatic carbocycles. The Kier molecular flexibility index (Phi) is 3.66. The molecule has 0 aliphatic rings. The topological polar surface area (TPSA) is 17.1 Å². The molecule has 0 saturated heterocycles. The summed E-state index contributed by atoms with van der Waals surface area (Å²) in [7, 11) is 0. The zero-order chi connectivity index (χ0) is 14.9. The molecule has 0 radical (unpaired) electrons. The van der Waals surface area contributed by atoms with Crippen LogP contribution in [-0.4, -0.2) is 5.78 Å². The first-order chi connectivity index (χ1) is 9.29. The van der Waals surface area contributed by atoms with E-state index in [0.29, 0.717) is 16.7 Å². The van der Waals surface area contributed by atoms with E-state index in [1.807, 2.05) is 0 Å².